The van der Waals surface area contributed by atoms with Gasteiger partial charge in [0.05, 0.1) is 12.2 Å². The Morgan fingerprint density at radius 3 is 2.55 bits per heavy atom. The fourth-order valence-electron chi connectivity index (χ4n) is 3.50. The van der Waals surface area contributed by atoms with E-state index in [0.717, 1.165) is 31.9 Å². The molecule has 2 atom stereocenters. The quantitative estimate of drug-likeness (QED) is 0.722. The summed E-state index contributed by atoms with van der Waals surface area (Å²) >= 11 is 0. The number of carboxylic acid groups (broad SMARTS) is 1. The number of ether oxygens (including phenoxy) is 2. The standard InChI is InChI=1S/C17H19FN4O2.C2HF3O2/c18-14-4-1-6-19-15(14)24-13-10-17(23-11-13)5-2-9-22(12-17)16-20-7-3-8-21-16;3-2(4,5)1(6)7/h1,3-4,6-8,13H,2,5,9-12H2;(H,6,7)/t13-,17+;/m1./s1. The molecule has 2 saturated heterocycles. The predicted octanol–water partition coefficient (Wildman–Crippen LogP) is 2.85. The van der Waals surface area contributed by atoms with Gasteiger partial charge in [0.2, 0.25) is 5.95 Å². The lowest BCUT2D eigenvalue weighted by molar-refractivity contribution is -0.192. The average Bonchev–Trinajstić information content (AvgIpc) is 3.11. The van der Waals surface area contributed by atoms with E-state index in [4.69, 9.17) is 19.4 Å². The van der Waals surface area contributed by atoms with Gasteiger partial charge in [-0.1, -0.05) is 0 Å². The smallest absolute Gasteiger partial charge is 0.475 e. The molecule has 2 aromatic heterocycles. The van der Waals surface area contributed by atoms with Crippen LogP contribution in [0.3, 0.4) is 0 Å². The van der Waals surface area contributed by atoms with E-state index < -0.39 is 18.0 Å². The van der Waals surface area contributed by atoms with Crippen LogP contribution in [0.15, 0.2) is 36.8 Å². The van der Waals surface area contributed by atoms with Gasteiger partial charge in [-0.3, -0.25) is 0 Å². The second kappa shape index (κ2) is 9.41. The number of halogens is 4. The highest BCUT2D eigenvalue weighted by molar-refractivity contribution is 5.73. The lowest BCUT2D eigenvalue weighted by atomic mass is 9.89. The van der Waals surface area contributed by atoms with Gasteiger partial charge < -0.3 is 19.5 Å². The molecule has 4 rings (SSSR count). The second-order valence-corrected chi connectivity index (χ2v) is 7.11. The first-order valence-corrected chi connectivity index (χ1v) is 9.42. The molecule has 4 heterocycles. The number of carbonyl (C=O) groups is 1. The summed E-state index contributed by atoms with van der Waals surface area (Å²) in [5, 5.41) is 7.12. The highest BCUT2D eigenvalue weighted by Gasteiger charge is 2.45. The minimum absolute atomic E-state index is 0.0437. The topological polar surface area (TPSA) is 97.7 Å². The van der Waals surface area contributed by atoms with Crippen LogP contribution in [0.1, 0.15) is 19.3 Å². The lowest BCUT2D eigenvalue weighted by Gasteiger charge is -2.39. The van der Waals surface area contributed by atoms with Crippen LogP contribution in [0.2, 0.25) is 0 Å². The molecule has 12 heteroatoms. The van der Waals surface area contributed by atoms with Gasteiger partial charge in [-0.25, -0.2) is 24.1 Å². The average molecular weight is 444 g/mol. The third kappa shape index (κ3) is 6.00. The van der Waals surface area contributed by atoms with Gasteiger partial charge >= 0.3 is 12.1 Å². The summed E-state index contributed by atoms with van der Waals surface area (Å²) in [6.45, 7) is 2.08. The minimum Gasteiger partial charge on any atom is -0.475 e. The molecule has 0 aliphatic carbocycles. The van der Waals surface area contributed by atoms with Crippen molar-refractivity contribution >= 4 is 11.9 Å². The van der Waals surface area contributed by atoms with Crippen LogP contribution in [0, 0.1) is 5.82 Å². The maximum Gasteiger partial charge on any atom is 0.490 e. The van der Waals surface area contributed by atoms with Crippen molar-refractivity contribution in [3.05, 3.63) is 42.6 Å². The second-order valence-electron chi connectivity index (χ2n) is 7.11. The van der Waals surface area contributed by atoms with Crippen molar-refractivity contribution in [2.24, 2.45) is 0 Å². The zero-order valence-corrected chi connectivity index (χ0v) is 16.3. The summed E-state index contributed by atoms with van der Waals surface area (Å²) in [6.07, 6.45) is 2.42. The van der Waals surface area contributed by atoms with Gasteiger partial charge in [-0.05, 0) is 31.0 Å². The number of nitrogens with zero attached hydrogens (tertiary/aromatic N) is 4. The number of pyridine rings is 1. The third-order valence-corrected chi connectivity index (χ3v) is 4.80. The minimum atomic E-state index is -5.08. The predicted molar refractivity (Wildman–Crippen MR) is 99.1 cm³/mol. The monoisotopic (exact) mass is 444 g/mol. The highest BCUT2D eigenvalue weighted by Crippen LogP contribution is 2.37. The van der Waals surface area contributed by atoms with Crippen molar-refractivity contribution in [3.8, 4) is 5.88 Å². The van der Waals surface area contributed by atoms with E-state index in [2.05, 4.69) is 19.9 Å². The lowest BCUT2D eigenvalue weighted by Crippen LogP contribution is -2.48. The summed E-state index contributed by atoms with van der Waals surface area (Å²) in [7, 11) is 0. The zero-order valence-electron chi connectivity index (χ0n) is 16.3. The molecular weight excluding hydrogens is 424 g/mol. The number of anilines is 1. The van der Waals surface area contributed by atoms with Crippen LogP contribution in [0.5, 0.6) is 5.88 Å². The number of alkyl halides is 3. The van der Waals surface area contributed by atoms with E-state index >= 15 is 0 Å². The molecule has 0 bridgehead atoms. The summed E-state index contributed by atoms with van der Waals surface area (Å²) < 4.78 is 57.2. The summed E-state index contributed by atoms with van der Waals surface area (Å²) in [6, 6.07) is 4.71. The van der Waals surface area contributed by atoms with E-state index in [1.54, 1.807) is 24.5 Å². The van der Waals surface area contributed by atoms with Crippen molar-refractivity contribution in [1.29, 1.82) is 0 Å². The molecular formula is C19H20F4N4O4. The van der Waals surface area contributed by atoms with Gasteiger partial charge in [-0.2, -0.15) is 13.2 Å². The first-order valence-electron chi connectivity index (χ1n) is 9.42. The Labute approximate surface area is 174 Å². The molecule has 0 radical (unpaired) electrons. The Balaban J connectivity index is 0.000000339. The van der Waals surface area contributed by atoms with Gasteiger partial charge in [0.25, 0.3) is 5.88 Å². The van der Waals surface area contributed by atoms with Gasteiger partial charge in [-0.15, -0.1) is 0 Å². The number of aliphatic carboxylic acids is 1. The third-order valence-electron chi connectivity index (χ3n) is 4.80. The number of aromatic nitrogens is 3. The fraction of sp³-hybridized carbons (Fsp3) is 0.474. The number of hydrogen-bond donors (Lipinski definition) is 1. The maximum atomic E-state index is 13.7. The molecule has 0 aromatic carbocycles. The van der Waals surface area contributed by atoms with Crippen molar-refractivity contribution in [2.75, 3.05) is 24.6 Å². The fourth-order valence-corrected chi connectivity index (χ4v) is 3.50. The molecule has 2 aromatic rings. The van der Waals surface area contributed by atoms with E-state index in [1.165, 1.54) is 12.3 Å². The molecule has 2 aliphatic heterocycles. The zero-order chi connectivity index (χ0) is 22.5. The molecule has 1 N–H and O–H groups in total. The van der Waals surface area contributed by atoms with Crippen LogP contribution in [-0.4, -0.2) is 63.6 Å². The van der Waals surface area contributed by atoms with E-state index in [0.29, 0.717) is 13.0 Å². The Hall–Kier alpha value is -3.02. The van der Waals surface area contributed by atoms with Gasteiger partial charge in [0.15, 0.2) is 5.82 Å². The normalized spacial score (nSPS) is 23.2. The first-order chi connectivity index (χ1) is 14.7. The van der Waals surface area contributed by atoms with Crippen molar-refractivity contribution < 1.29 is 36.9 Å². The number of rotatable bonds is 3. The Bertz CT molecular complexity index is 887. The van der Waals surface area contributed by atoms with Crippen LogP contribution in [-0.2, 0) is 9.53 Å². The van der Waals surface area contributed by atoms with Crippen LogP contribution < -0.4 is 9.64 Å². The Morgan fingerprint density at radius 1 is 1.23 bits per heavy atom. The first kappa shape index (κ1) is 22.7. The summed E-state index contributed by atoms with van der Waals surface area (Å²) in [4.78, 5) is 23.6. The molecule has 31 heavy (non-hydrogen) atoms. The summed E-state index contributed by atoms with van der Waals surface area (Å²) in [5.74, 6) is -2.43. The molecule has 0 saturated carbocycles. The molecule has 8 nitrogen and oxygen atoms in total. The van der Waals surface area contributed by atoms with Crippen LogP contribution in [0.4, 0.5) is 23.5 Å². The molecule has 168 valence electrons. The molecule has 0 amide bonds. The molecule has 0 unspecified atom stereocenters. The van der Waals surface area contributed by atoms with Crippen LogP contribution >= 0.6 is 0 Å². The molecule has 2 fully saturated rings. The molecule has 2 aliphatic rings. The Morgan fingerprint density at radius 2 is 1.90 bits per heavy atom. The van der Waals surface area contributed by atoms with Gasteiger partial charge in [0, 0.05) is 38.1 Å². The van der Waals surface area contributed by atoms with Crippen LogP contribution in [0.25, 0.3) is 0 Å². The number of hydrogen-bond acceptors (Lipinski definition) is 7. The highest BCUT2D eigenvalue weighted by atomic mass is 19.4. The summed E-state index contributed by atoms with van der Waals surface area (Å²) in [5.41, 5.74) is -0.284. The molecule has 1 spiro atoms. The van der Waals surface area contributed by atoms with Crippen molar-refractivity contribution in [1.82, 2.24) is 15.0 Å². The SMILES string of the molecule is Fc1cccnc1O[C@H]1CO[C@@]2(CCCN(c3ncccn3)C2)C1.O=C(O)C(F)(F)F. The Kier molecular flexibility index (Phi) is 6.88. The maximum absolute atomic E-state index is 13.7. The van der Waals surface area contributed by atoms with Gasteiger partial charge in [0.1, 0.15) is 6.10 Å². The van der Waals surface area contributed by atoms with Crippen molar-refractivity contribution in [2.45, 2.75) is 37.1 Å². The van der Waals surface area contributed by atoms with E-state index in [9.17, 15) is 17.6 Å². The largest absolute Gasteiger partial charge is 0.490 e. The van der Waals surface area contributed by atoms with Crippen molar-refractivity contribution in [3.63, 3.8) is 0 Å². The number of carboxylic acids is 1. The van der Waals surface area contributed by atoms with E-state index in [-0.39, 0.29) is 17.6 Å². The van der Waals surface area contributed by atoms with E-state index in [1.807, 2.05) is 0 Å². The number of piperidine rings is 1.